The number of anilines is 1. The van der Waals surface area contributed by atoms with Crippen LogP contribution in [0.2, 0.25) is 5.02 Å². The number of rotatable bonds is 3. The van der Waals surface area contributed by atoms with Gasteiger partial charge in [0.15, 0.2) is 0 Å². The highest BCUT2D eigenvalue weighted by Crippen LogP contribution is 2.14. The van der Waals surface area contributed by atoms with E-state index in [9.17, 15) is 4.21 Å². The van der Waals surface area contributed by atoms with Gasteiger partial charge in [0.25, 0.3) is 0 Å². The van der Waals surface area contributed by atoms with Crippen molar-refractivity contribution in [1.29, 1.82) is 0 Å². The molecule has 0 aliphatic heterocycles. The summed E-state index contributed by atoms with van der Waals surface area (Å²) in [7, 11) is 0. The molecule has 2 N–H and O–H groups in total. The lowest BCUT2D eigenvalue weighted by molar-refractivity contribution is 0.373. The zero-order valence-corrected chi connectivity index (χ0v) is 7.43. The van der Waals surface area contributed by atoms with Gasteiger partial charge in [0.2, 0.25) is 0 Å². The molecular formula is C6H6ClNO3S. The fourth-order valence-electron chi connectivity index (χ4n) is 0.636. The first-order chi connectivity index (χ1) is 5.68. The van der Waals surface area contributed by atoms with Crippen molar-refractivity contribution in [2.24, 2.45) is 0 Å². The standard InChI is InChI=1S/C6H6ClNO3S/c7-5-2-1-3-6(4-5)8-11-12(9)10/h1-4,8H,(H,9,10). The highest BCUT2D eigenvalue weighted by molar-refractivity contribution is 7.74. The third-order valence-corrected chi connectivity index (χ3v) is 1.52. The highest BCUT2D eigenvalue weighted by Gasteiger charge is 1.95. The Morgan fingerprint density at radius 3 is 2.92 bits per heavy atom. The average molecular weight is 208 g/mol. The Bertz CT molecular complexity index is 294. The first-order valence-electron chi connectivity index (χ1n) is 2.98. The molecule has 0 spiro atoms. The molecule has 1 aromatic carbocycles. The summed E-state index contributed by atoms with van der Waals surface area (Å²) >= 11 is 3.30. The minimum absolute atomic E-state index is 0.518. The smallest absolute Gasteiger partial charge is 0.282 e. The maximum atomic E-state index is 10.1. The van der Waals surface area contributed by atoms with Crippen molar-refractivity contribution in [3.8, 4) is 0 Å². The number of benzene rings is 1. The van der Waals surface area contributed by atoms with Crippen molar-refractivity contribution < 1.29 is 13.0 Å². The van der Waals surface area contributed by atoms with E-state index in [2.05, 4.69) is 9.76 Å². The first-order valence-corrected chi connectivity index (χ1v) is 4.39. The van der Waals surface area contributed by atoms with Crippen LogP contribution in [0.25, 0.3) is 0 Å². The van der Waals surface area contributed by atoms with Crippen LogP contribution in [0.4, 0.5) is 5.69 Å². The van der Waals surface area contributed by atoms with Gasteiger partial charge in [-0.05, 0) is 18.2 Å². The second kappa shape index (κ2) is 4.42. The zero-order valence-electron chi connectivity index (χ0n) is 5.86. The van der Waals surface area contributed by atoms with Gasteiger partial charge in [0, 0.05) is 5.02 Å². The summed E-state index contributed by atoms with van der Waals surface area (Å²) in [6.07, 6.45) is 0. The molecule has 6 heteroatoms. The molecule has 0 amide bonds. The molecule has 66 valence electrons. The second-order valence-electron chi connectivity index (χ2n) is 1.91. The van der Waals surface area contributed by atoms with Crippen molar-refractivity contribution in [2.75, 3.05) is 5.48 Å². The van der Waals surface area contributed by atoms with E-state index in [0.29, 0.717) is 10.7 Å². The van der Waals surface area contributed by atoms with Gasteiger partial charge < -0.3 is 0 Å². The van der Waals surface area contributed by atoms with Gasteiger partial charge in [0.05, 0.1) is 5.69 Å². The Labute approximate surface area is 76.9 Å². The molecular weight excluding hydrogens is 202 g/mol. The first kappa shape index (κ1) is 9.47. The Hall–Kier alpha value is -0.620. The molecule has 0 aromatic heterocycles. The molecule has 12 heavy (non-hydrogen) atoms. The van der Waals surface area contributed by atoms with Crippen LogP contribution < -0.4 is 5.48 Å². The van der Waals surface area contributed by atoms with E-state index < -0.39 is 11.4 Å². The predicted octanol–water partition coefficient (Wildman–Crippen LogP) is 1.82. The van der Waals surface area contributed by atoms with E-state index in [0.717, 1.165) is 0 Å². The van der Waals surface area contributed by atoms with Crippen LogP contribution in [-0.4, -0.2) is 8.76 Å². The molecule has 1 aromatic rings. The molecule has 0 heterocycles. The van der Waals surface area contributed by atoms with E-state index in [1.54, 1.807) is 24.3 Å². The lowest BCUT2D eigenvalue weighted by Gasteiger charge is -2.01. The Balaban J connectivity index is 2.57. The maximum absolute atomic E-state index is 10.1. The predicted molar refractivity (Wildman–Crippen MR) is 46.9 cm³/mol. The monoisotopic (exact) mass is 207 g/mol. The lowest BCUT2D eigenvalue weighted by Crippen LogP contribution is -2.02. The molecule has 0 aliphatic carbocycles. The van der Waals surface area contributed by atoms with E-state index in [-0.39, 0.29) is 0 Å². The Morgan fingerprint density at radius 2 is 2.33 bits per heavy atom. The van der Waals surface area contributed by atoms with E-state index in [1.165, 1.54) is 0 Å². The van der Waals surface area contributed by atoms with Crippen LogP contribution in [0.3, 0.4) is 0 Å². The molecule has 0 saturated carbocycles. The summed E-state index contributed by atoms with van der Waals surface area (Å²) in [6.45, 7) is 0. The number of nitrogens with one attached hydrogen (secondary N) is 1. The summed E-state index contributed by atoms with van der Waals surface area (Å²) in [5.41, 5.74) is 2.77. The average Bonchev–Trinajstić information content (AvgIpc) is 2.01. The highest BCUT2D eigenvalue weighted by atomic mass is 35.5. The third-order valence-electron chi connectivity index (χ3n) is 1.06. The van der Waals surface area contributed by atoms with Gasteiger partial charge in [-0.2, -0.15) is 4.21 Å². The molecule has 1 unspecified atom stereocenters. The number of hydrogen-bond donors (Lipinski definition) is 2. The van der Waals surface area contributed by atoms with Crippen molar-refractivity contribution in [2.45, 2.75) is 0 Å². The van der Waals surface area contributed by atoms with Gasteiger partial charge in [0.1, 0.15) is 0 Å². The number of hydrogen-bond acceptors (Lipinski definition) is 3. The minimum Gasteiger partial charge on any atom is -0.282 e. The molecule has 0 saturated heterocycles. The molecule has 0 fully saturated rings. The number of halogens is 1. The maximum Gasteiger partial charge on any atom is 0.324 e. The zero-order chi connectivity index (χ0) is 8.97. The van der Waals surface area contributed by atoms with Crippen LogP contribution in [0, 0.1) is 0 Å². The van der Waals surface area contributed by atoms with Crippen molar-refractivity contribution in [1.82, 2.24) is 0 Å². The normalized spacial score (nSPS) is 12.5. The molecule has 0 radical (unpaired) electrons. The van der Waals surface area contributed by atoms with Gasteiger partial charge in [-0.15, -0.1) is 4.28 Å². The third kappa shape index (κ3) is 3.19. The van der Waals surface area contributed by atoms with E-state index in [4.69, 9.17) is 16.2 Å². The van der Waals surface area contributed by atoms with Crippen LogP contribution in [-0.2, 0) is 15.6 Å². The van der Waals surface area contributed by atoms with E-state index in [1.807, 2.05) is 0 Å². The fourth-order valence-corrected chi connectivity index (χ4v) is 0.994. The van der Waals surface area contributed by atoms with Gasteiger partial charge >= 0.3 is 11.4 Å². The van der Waals surface area contributed by atoms with Crippen molar-refractivity contribution in [3.05, 3.63) is 29.3 Å². The SMILES string of the molecule is O=S(O)ONc1cccc(Cl)c1. The topological polar surface area (TPSA) is 58.6 Å². The van der Waals surface area contributed by atoms with Crippen molar-refractivity contribution in [3.63, 3.8) is 0 Å². The van der Waals surface area contributed by atoms with Gasteiger partial charge in [-0.3, -0.25) is 4.55 Å². The van der Waals surface area contributed by atoms with Gasteiger partial charge in [-0.1, -0.05) is 17.7 Å². The van der Waals surface area contributed by atoms with E-state index >= 15 is 0 Å². The molecule has 0 aliphatic rings. The Morgan fingerprint density at radius 1 is 1.58 bits per heavy atom. The summed E-state index contributed by atoms with van der Waals surface area (Å²) in [4.78, 5) is 0. The summed E-state index contributed by atoms with van der Waals surface area (Å²) in [6, 6.07) is 6.59. The molecule has 1 atom stereocenters. The van der Waals surface area contributed by atoms with Crippen LogP contribution >= 0.6 is 11.6 Å². The quantitative estimate of drug-likeness (QED) is 0.587. The molecule has 4 nitrogen and oxygen atoms in total. The summed E-state index contributed by atoms with van der Waals surface area (Å²) < 4.78 is 22.5. The second-order valence-corrected chi connectivity index (χ2v) is 2.95. The van der Waals surface area contributed by atoms with Crippen LogP contribution in [0.5, 0.6) is 0 Å². The molecule has 1 rings (SSSR count). The summed E-state index contributed by atoms with van der Waals surface area (Å²) in [5, 5.41) is 0.521. The summed E-state index contributed by atoms with van der Waals surface area (Å²) in [5.74, 6) is 0. The fraction of sp³-hybridized carbons (Fsp3) is 0. The largest absolute Gasteiger partial charge is 0.324 e. The van der Waals surface area contributed by atoms with Crippen LogP contribution in [0.15, 0.2) is 24.3 Å². The minimum atomic E-state index is -2.33. The van der Waals surface area contributed by atoms with Gasteiger partial charge in [-0.25, -0.2) is 5.48 Å². The lowest BCUT2D eigenvalue weighted by atomic mass is 10.3. The van der Waals surface area contributed by atoms with Crippen molar-refractivity contribution >= 4 is 28.6 Å². The molecule has 0 bridgehead atoms. The van der Waals surface area contributed by atoms with Crippen LogP contribution in [0.1, 0.15) is 0 Å². The Kier molecular flexibility index (Phi) is 3.48.